The highest BCUT2D eigenvalue weighted by Crippen LogP contribution is 2.28. The number of nitrogens with zero attached hydrogens (tertiary/aromatic N) is 3. The SMILES string of the molecule is NC(=O)c1ccc(-c2cnc3nc(-c4cc(NCN5CCCC5)ccc4F)[nH]c3c2)cc1. The summed E-state index contributed by atoms with van der Waals surface area (Å²) in [6.45, 7) is 2.92. The van der Waals surface area contributed by atoms with Crippen LogP contribution in [0, 0.1) is 5.82 Å². The van der Waals surface area contributed by atoms with Crippen molar-refractivity contribution in [2.75, 3.05) is 25.1 Å². The molecule has 1 aliphatic rings. The van der Waals surface area contributed by atoms with Crippen LogP contribution in [0.1, 0.15) is 23.2 Å². The van der Waals surface area contributed by atoms with Gasteiger partial charge in [-0.2, -0.15) is 0 Å². The van der Waals surface area contributed by atoms with Crippen molar-refractivity contribution in [3.05, 3.63) is 66.1 Å². The first kappa shape index (κ1) is 20.1. The molecule has 3 heterocycles. The maximum absolute atomic E-state index is 14.6. The average molecular weight is 430 g/mol. The second kappa shape index (κ2) is 8.39. The van der Waals surface area contributed by atoms with Crippen molar-refractivity contribution >= 4 is 22.8 Å². The van der Waals surface area contributed by atoms with Gasteiger partial charge in [-0.05, 0) is 67.9 Å². The molecular weight excluding hydrogens is 407 g/mol. The number of fused-ring (bicyclic) bond motifs is 1. The molecule has 0 radical (unpaired) electrons. The van der Waals surface area contributed by atoms with Crippen molar-refractivity contribution in [3.8, 4) is 22.5 Å². The summed E-state index contributed by atoms with van der Waals surface area (Å²) in [6, 6.07) is 13.9. The minimum Gasteiger partial charge on any atom is -0.372 e. The van der Waals surface area contributed by atoms with Gasteiger partial charge in [0, 0.05) is 23.0 Å². The number of hydrogen-bond donors (Lipinski definition) is 3. The highest BCUT2D eigenvalue weighted by molar-refractivity contribution is 5.93. The topological polar surface area (TPSA) is 99.9 Å². The average Bonchev–Trinajstić information content (AvgIpc) is 3.48. The van der Waals surface area contributed by atoms with E-state index in [1.165, 1.54) is 18.9 Å². The van der Waals surface area contributed by atoms with E-state index in [9.17, 15) is 9.18 Å². The van der Waals surface area contributed by atoms with Gasteiger partial charge in [0.25, 0.3) is 0 Å². The monoisotopic (exact) mass is 430 g/mol. The molecule has 1 saturated heterocycles. The molecule has 0 spiro atoms. The lowest BCUT2D eigenvalue weighted by atomic mass is 10.1. The molecule has 32 heavy (non-hydrogen) atoms. The molecule has 1 aliphatic heterocycles. The standard InChI is InChI=1S/C24H23FN6O/c25-20-8-7-18(28-14-31-9-1-2-10-31)12-19(20)23-29-21-11-17(13-27-24(21)30-23)15-3-5-16(6-4-15)22(26)32/h3-8,11-13,28H,1-2,9-10,14H2,(H2,26,32)(H,27,29,30). The number of pyridine rings is 1. The fourth-order valence-electron chi connectivity index (χ4n) is 3.97. The minimum absolute atomic E-state index is 0.349. The molecule has 1 fully saturated rings. The summed E-state index contributed by atoms with van der Waals surface area (Å²) in [5.41, 5.74) is 9.93. The molecule has 1 amide bonds. The van der Waals surface area contributed by atoms with Gasteiger partial charge in [-0.15, -0.1) is 0 Å². The first-order chi connectivity index (χ1) is 15.6. The van der Waals surface area contributed by atoms with Crippen LogP contribution in [0.25, 0.3) is 33.7 Å². The molecule has 4 aromatic rings. The number of likely N-dealkylation sites (tertiary alicyclic amines) is 1. The molecule has 5 rings (SSSR count). The van der Waals surface area contributed by atoms with Crippen LogP contribution in [0.15, 0.2) is 54.7 Å². The predicted molar refractivity (Wildman–Crippen MR) is 123 cm³/mol. The Morgan fingerprint density at radius 1 is 1.09 bits per heavy atom. The number of anilines is 1. The van der Waals surface area contributed by atoms with Gasteiger partial charge >= 0.3 is 0 Å². The van der Waals surface area contributed by atoms with E-state index in [1.807, 2.05) is 18.2 Å². The summed E-state index contributed by atoms with van der Waals surface area (Å²) in [5, 5.41) is 3.37. The Balaban J connectivity index is 1.42. The van der Waals surface area contributed by atoms with Gasteiger partial charge in [0.15, 0.2) is 5.65 Å². The summed E-state index contributed by atoms with van der Waals surface area (Å²) >= 11 is 0. The Labute approximate surface area is 184 Å². The molecule has 2 aromatic heterocycles. The number of nitrogens with two attached hydrogens (primary N) is 1. The summed E-state index contributed by atoms with van der Waals surface area (Å²) in [5.74, 6) is -0.392. The van der Waals surface area contributed by atoms with Crippen LogP contribution in [0.5, 0.6) is 0 Å². The van der Waals surface area contributed by atoms with E-state index < -0.39 is 5.91 Å². The first-order valence-electron chi connectivity index (χ1n) is 10.6. The zero-order chi connectivity index (χ0) is 22.1. The van der Waals surface area contributed by atoms with E-state index in [0.29, 0.717) is 28.1 Å². The zero-order valence-electron chi connectivity index (χ0n) is 17.4. The molecule has 0 bridgehead atoms. The number of aromatic amines is 1. The zero-order valence-corrected chi connectivity index (χ0v) is 17.4. The van der Waals surface area contributed by atoms with Crippen molar-refractivity contribution in [1.82, 2.24) is 19.9 Å². The molecule has 2 aromatic carbocycles. The van der Waals surface area contributed by atoms with E-state index in [2.05, 4.69) is 25.2 Å². The largest absolute Gasteiger partial charge is 0.372 e. The lowest BCUT2D eigenvalue weighted by Crippen LogP contribution is -2.26. The number of carbonyl (C=O) groups excluding carboxylic acids is 1. The molecule has 4 N–H and O–H groups in total. The van der Waals surface area contributed by atoms with Gasteiger partial charge in [0.2, 0.25) is 5.91 Å². The van der Waals surface area contributed by atoms with Crippen molar-refractivity contribution < 1.29 is 9.18 Å². The van der Waals surface area contributed by atoms with Gasteiger partial charge in [-0.25, -0.2) is 14.4 Å². The third kappa shape index (κ3) is 4.04. The molecule has 0 saturated carbocycles. The highest BCUT2D eigenvalue weighted by Gasteiger charge is 2.14. The molecular formula is C24H23FN6O. The summed E-state index contributed by atoms with van der Waals surface area (Å²) in [7, 11) is 0. The fourth-order valence-corrected chi connectivity index (χ4v) is 3.97. The van der Waals surface area contributed by atoms with Crippen LogP contribution >= 0.6 is 0 Å². The van der Waals surface area contributed by atoms with Gasteiger partial charge in [0.05, 0.1) is 17.7 Å². The van der Waals surface area contributed by atoms with Crippen LogP contribution in [-0.4, -0.2) is 45.5 Å². The van der Waals surface area contributed by atoms with Crippen LogP contribution < -0.4 is 11.1 Å². The molecule has 0 aliphatic carbocycles. The lowest BCUT2D eigenvalue weighted by Gasteiger charge is -2.16. The number of carbonyl (C=O) groups is 1. The van der Waals surface area contributed by atoms with Gasteiger partial charge in [-0.3, -0.25) is 9.69 Å². The molecule has 162 valence electrons. The van der Waals surface area contributed by atoms with E-state index >= 15 is 0 Å². The Morgan fingerprint density at radius 2 is 1.88 bits per heavy atom. The number of amides is 1. The summed E-state index contributed by atoms with van der Waals surface area (Å²) < 4.78 is 14.6. The van der Waals surface area contributed by atoms with Gasteiger partial charge in [-0.1, -0.05) is 12.1 Å². The van der Waals surface area contributed by atoms with Crippen molar-refractivity contribution in [2.24, 2.45) is 5.73 Å². The van der Waals surface area contributed by atoms with Crippen LogP contribution in [0.2, 0.25) is 0 Å². The third-order valence-electron chi connectivity index (χ3n) is 5.77. The second-order valence-electron chi connectivity index (χ2n) is 7.98. The lowest BCUT2D eigenvalue weighted by molar-refractivity contribution is 0.100. The number of H-pyrrole nitrogens is 1. The number of halogens is 1. The van der Waals surface area contributed by atoms with Crippen LogP contribution in [0.3, 0.4) is 0 Å². The van der Waals surface area contributed by atoms with Crippen molar-refractivity contribution in [2.45, 2.75) is 12.8 Å². The molecule has 0 unspecified atom stereocenters. The van der Waals surface area contributed by atoms with E-state index in [1.54, 1.807) is 30.5 Å². The van der Waals surface area contributed by atoms with Crippen LogP contribution in [-0.2, 0) is 0 Å². The smallest absolute Gasteiger partial charge is 0.248 e. The minimum atomic E-state index is -0.470. The Morgan fingerprint density at radius 3 is 2.62 bits per heavy atom. The Bertz CT molecular complexity index is 1280. The Kier molecular flexibility index (Phi) is 5.28. The number of aromatic nitrogens is 3. The number of primary amides is 1. The number of rotatable bonds is 6. The first-order valence-corrected chi connectivity index (χ1v) is 10.6. The second-order valence-corrected chi connectivity index (χ2v) is 7.98. The molecule has 0 atom stereocenters. The van der Waals surface area contributed by atoms with Crippen molar-refractivity contribution in [3.63, 3.8) is 0 Å². The number of nitrogens with one attached hydrogen (secondary N) is 2. The molecule has 7 nitrogen and oxygen atoms in total. The third-order valence-corrected chi connectivity index (χ3v) is 5.77. The van der Waals surface area contributed by atoms with E-state index in [0.717, 1.165) is 36.6 Å². The number of imidazole rings is 1. The maximum atomic E-state index is 14.6. The van der Waals surface area contributed by atoms with E-state index in [4.69, 9.17) is 5.73 Å². The number of hydrogen-bond acceptors (Lipinski definition) is 5. The highest BCUT2D eigenvalue weighted by atomic mass is 19.1. The van der Waals surface area contributed by atoms with Crippen molar-refractivity contribution in [1.29, 1.82) is 0 Å². The van der Waals surface area contributed by atoms with E-state index in [-0.39, 0.29) is 5.82 Å². The maximum Gasteiger partial charge on any atom is 0.248 e. The van der Waals surface area contributed by atoms with Crippen LogP contribution in [0.4, 0.5) is 10.1 Å². The van der Waals surface area contributed by atoms with Gasteiger partial charge < -0.3 is 16.0 Å². The quantitative estimate of drug-likeness (QED) is 0.429. The number of benzene rings is 2. The fraction of sp³-hybridized carbons (Fsp3) is 0.208. The summed E-state index contributed by atoms with van der Waals surface area (Å²) in [4.78, 5) is 25.7. The molecule has 8 heteroatoms. The normalized spacial score (nSPS) is 14.2. The Hall–Kier alpha value is -3.78. The predicted octanol–water partition coefficient (Wildman–Crippen LogP) is 4.00. The van der Waals surface area contributed by atoms with Gasteiger partial charge in [0.1, 0.15) is 11.6 Å². The summed E-state index contributed by atoms with van der Waals surface area (Å²) in [6.07, 6.45) is 4.15.